The summed E-state index contributed by atoms with van der Waals surface area (Å²) >= 11 is 0. The maximum atomic E-state index is 12.7. The summed E-state index contributed by atoms with van der Waals surface area (Å²) in [4.78, 5) is 37.4. The van der Waals surface area contributed by atoms with Crippen LogP contribution in [0, 0.1) is 0 Å². The molecule has 11 heteroatoms. The molecule has 0 fully saturated rings. The van der Waals surface area contributed by atoms with E-state index in [0.29, 0.717) is 22.9 Å². The van der Waals surface area contributed by atoms with E-state index in [1.165, 1.54) is 17.2 Å². The number of hydrogen-bond donors (Lipinski definition) is 3. The molecule has 0 radical (unpaired) electrons. The number of ether oxygens (including phenoxy) is 2. The molecule has 0 unspecified atom stereocenters. The van der Waals surface area contributed by atoms with Gasteiger partial charge in [0.15, 0.2) is 17.0 Å². The Labute approximate surface area is 182 Å². The van der Waals surface area contributed by atoms with E-state index < -0.39 is 12.1 Å². The molecule has 2 aromatic carbocycles. The van der Waals surface area contributed by atoms with E-state index in [0.717, 1.165) is 0 Å². The molecule has 0 aliphatic rings. The predicted octanol–water partition coefficient (Wildman–Crippen LogP) is 3.57. The Morgan fingerprint density at radius 3 is 1.97 bits per heavy atom. The van der Waals surface area contributed by atoms with Crippen molar-refractivity contribution < 1.29 is 19.1 Å². The number of benzene rings is 2. The fraction of sp³-hybridized carbons (Fsp3) is 0.0952. The van der Waals surface area contributed by atoms with Crippen molar-refractivity contribution in [1.29, 1.82) is 0 Å². The summed E-state index contributed by atoms with van der Waals surface area (Å²) in [6.45, 7) is 0. The van der Waals surface area contributed by atoms with Gasteiger partial charge in [-0.25, -0.2) is 29.1 Å². The minimum absolute atomic E-state index is 0.164. The van der Waals surface area contributed by atoms with Crippen LogP contribution in [0.15, 0.2) is 61.2 Å². The Morgan fingerprint density at radius 1 is 0.781 bits per heavy atom. The van der Waals surface area contributed by atoms with Gasteiger partial charge in [0.05, 0.1) is 14.2 Å². The minimum Gasteiger partial charge on any atom is -0.497 e. The molecule has 0 aliphatic heterocycles. The number of amides is 3. The highest BCUT2D eigenvalue weighted by Crippen LogP contribution is 2.20. The van der Waals surface area contributed by atoms with Crippen molar-refractivity contribution in [3.05, 3.63) is 61.2 Å². The molecule has 0 saturated heterocycles. The van der Waals surface area contributed by atoms with Crippen molar-refractivity contribution in [1.82, 2.24) is 19.5 Å². The molecule has 4 rings (SSSR count). The minimum atomic E-state index is -0.521. The zero-order valence-electron chi connectivity index (χ0n) is 17.2. The second kappa shape index (κ2) is 9.00. The van der Waals surface area contributed by atoms with Gasteiger partial charge in [-0.2, -0.15) is 0 Å². The third-order valence-electron chi connectivity index (χ3n) is 4.47. The summed E-state index contributed by atoms with van der Waals surface area (Å²) in [5.41, 5.74) is 1.65. The number of methoxy groups -OCH3 is 2. The van der Waals surface area contributed by atoms with Crippen LogP contribution in [0.25, 0.3) is 11.2 Å². The van der Waals surface area contributed by atoms with E-state index in [2.05, 4.69) is 30.9 Å². The topological polar surface area (TPSA) is 132 Å². The Morgan fingerprint density at radius 2 is 1.38 bits per heavy atom. The van der Waals surface area contributed by atoms with Crippen molar-refractivity contribution in [2.45, 2.75) is 0 Å². The summed E-state index contributed by atoms with van der Waals surface area (Å²) in [6, 6.07) is 12.7. The number of nitrogens with zero attached hydrogens (tertiary/aromatic N) is 4. The van der Waals surface area contributed by atoms with Gasteiger partial charge in [0.2, 0.25) is 0 Å². The molecular formula is C21H19N7O4. The first kappa shape index (κ1) is 20.6. The Kier molecular flexibility index (Phi) is 5.79. The van der Waals surface area contributed by atoms with Crippen LogP contribution in [0.5, 0.6) is 11.5 Å². The summed E-state index contributed by atoms with van der Waals surface area (Å²) in [5, 5.41) is 8.06. The van der Waals surface area contributed by atoms with Gasteiger partial charge in [-0.1, -0.05) is 0 Å². The van der Waals surface area contributed by atoms with E-state index in [-0.39, 0.29) is 17.0 Å². The summed E-state index contributed by atoms with van der Waals surface area (Å²) < 4.78 is 11.4. The average Bonchev–Trinajstić information content (AvgIpc) is 3.25. The third-order valence-corrected chi connectivity index (χ3v) is 4.47. The van der Waals surface area contributed by atoms with E-state index in [1.54, 1.807) is 62.8 Å². The molecule has 0 atom stereocenters. The Balaban J connectivity index is 1.49. The SMILES string of the molecule is COc1ccc(NC(=O)Nc2ncnc3c2ncn3C(=O)Nc2ccc(OC)cc2)cc1. The van der Waals surface area contributed by atoms with Gasteiger partial charge in [-0.15, -0.1) is 0 Å². The number of urea groups is 1. The van der Waals surface area contributed by atoms with Gasteiger partial charge >= 0.3 is 12.1 Å². The van der Waals surface area contributed by atoms with Gasteiger partial charge in [0.1, 0.15) is 24.2 Å². The highest BCUT2D eigenvalue weighted by Gasteiger charge is 2.16. The first-order valence-corrected chi connectivity index (χ1v) is 9.43. The van der Waals surface area contributed by atoms with Crippen molar-refractivity contribution in [2.75, 3.05) is 30.2 Å². The van der Waals surface area contributed by atoms with Crippen LogP contribution in [-0.4, -0.2) is 45.8 Å². The van der Waals surface area contributed by atoms with Gasteiger partial charge < -0.3 is 20.1 Å². The number of hydrogen-bond acceptors (Lipinski definition) is 7. The van der Waals surface area contributed by atoms with Gasteiger partial charge in [-0.3, -0.25) is 5.32 Å². The van der Waals surface area contributed by atoms with Crippen molar-refractivity contribution in [3.63, 3.8) is 0 Å². The zero-order valence-corrected chi connectivity index (χ0v) is 17.2. The highest BCUT2D eigenvalue weighted by molar-refractivity contribution is 6.04. The van der Waals surface area contributed by atoms with E-state index in [1.807, 2.05) is 0 Å². The fourth-order valence-corrected chi connectivity index (χ4v) is 2.88. The molecule has 0 bridgehead atoms. The van der Waals surface area contributed by atoms with Gasteiger partial charge in [0, 0.05) is 11.4 Å². The number of aromatic nitrogens is 4. The molecule has 32 heavy (non-hydrogen) atoms. The van der Waals surface area contributed by atoms with Crippen LogP contribution in [-0.2, 0) is 0 Å². The van der Waals surface area contributed by atoms with Gasteiger partial charge in [0.25, 0.3) is 0 Å². The number of imidazole rings is 1. The van der Waals surface area contributed by atoms with Crippen LogP contribution < -0.4 is 25.4 Å². The quantitative estimate of drug-likeness (QED) is 0.438. The van der Waals surface area contributed by atoms with Crippen LogP contribution in [0.4, 0.5) is 26.8 Å². The lowest BCUT2D eigenvalue weighted by atomic mass is 10.3. The van der Waals surface area contributed by atoms with E-state index >= 15 is 0 Å². The van der Waals surface area contributed by atoms with Crippen LogP contribution >= 0.6 is 0 Å². The molecule has 3 N–H and O–H groups in total. The summed E-state index contributed by atoms with van der Waals surface area (Å²) in [6.07, 6.45) is 2.55. The maximum Gasteiger partial charge on any atom is 0.332 e. The summed E-state index contributed by atoms with van der Waals surface area (Å²) in [5.74, 6) is 1.51. The number of anilines is 3. The zero-order chi connectivity index (χ0) is 22.5. The highest BCUT2D eigenvalue weighted by atomic mass is 16.5. The lowest BCUT2D eigenvalue weighted by Crippen LogP contribution is -2.21. The average molecular weight is 433 g/mol. The van der Waals surface area contributed by atoms with E-state index in [4.69, 9.17) is 9.47 Å². The van der Waals surface area contributed by atoms with Gasteiger partial charge in [-0.05, 0) is 48.5 Å². The smallest absolute Gasteiger partial charge is 0.332 e. The summed E-state index contributed by atoms with van der Waals surface area (Å²) in [7, 11) is 3.12. The number of nitrogens with one attached hydrogen (secondary N) is 3. The van der Waals surface area contributed by atoms with Crippen LogP contribution in [0.3, 0.4) is 0 Å². The van der Waals surface area contributed by atoms with Crippen LogP contribution in [0.2, 0.25) is 0 Å². The number of fused-ring (bicyclic) bond motifs is 1. The molecule has 0 aliphatic carbocycles. The first-order chi connectivity index (χ1) is 15.6. The normalized spacial score (nSPS) is 10.4. The molecule has 3 amide bonds. The monoisotopic (exact) mass is 433 g/mol. The lowest BCUT2D eigenvalue weighted by Gasteiger charge is -2.09. The number of carbonyl (C=O) groups excluding carboxylic acids is 2. The van der Waals surface area contributed by atoms with E-state index in [9.17, 15) is 9.59 Å². The Hall–Kier alpha value is -4.67. The predicted molar refractivity (Wildman–Crippen MR) is 118 cm³/mol. The molecular weight excluding hydrogens is 414 g/mol. The second-order valence-corrected chi connectivity index (χ2v) is 6.48. The van der Waals surface area contributed by atoms with Crippen molar-refractivity contribution >= 4 is 40.4 Å². The maximum absolute atomic E-state index is 12.7. The lowest BCUT2D eigenvalue weighted by molar-refractivity contribution is 0.254. The van der Waals surface area contributed by atoms with Crippen LogP contribution in [0.1, 0.15) is 0 Å². The standard InChI is InChI=1S/C21H19N7O4/c1-31-15-7-3-13(4-8-15)25-20(29)27-18-17-19(23-11-22-18)28(12-24-17)21(30)26-14-5-9-16(32-2)10-6-14/h3-12H,1-2H3,(H,26,30)(H2,22,23,25,27,29). The van der Waals surface area contributed by atoms with Crippen molar-refractivity contribution in [3.8, 4) is 11.5 Å². The third kappa shape index (κ3) is 4.41. The molecule has 2 aromatic heterocycles. The van der Waals surface area contributed by atoms with Crippen molar-refractivity contribution in [2.24, 2.45) is 0 Å². The molecule has 0 spiro atoms. The molecule has 162 valence electrons. The Bertz CT molecular complexity index is 1250. The molecule has 2 heterocycles. The molecule has 0 saturated carbocycles. The number of carbonyl (C=O) groups is 2. The molecule has 4 aromatic rings. The first-order valence-electron chi connectivity index (χ1n) is 9.43. The molecule has 11 nitrogen and oxygen atoms in total. The second-order valence-electron chi connectivity index (χ2n) is 6.48. The largest absolute Gasteiger partial charge is 0.497 e. The fourth-order valence-electron chi connectivity index (χ4n) is 2.88. The number of rotatable bonds is 5.